The van der Waals surface area contributed by atoms with Gasteiger partial charge in [0.15, 0.2) is 0 Å². The molecule has 2 heterocycles. The first kappa shape index (κ1) is 27.1. The Morgan fingerprint density at radius 2 is 1.94 bits per heavy atom. The van der Waals surface area contributed by atoms with Crippen molar-refractivity contribution in [2.45, 2.75) is 44.7 Å². The van der Waals surface area contributed by atoms with E-state index in [1.54, 1.807) is 18.2 Å². The third kappa shape index (κ3) is 7.53. The molecule has 0 bridgehead atoms. The zero-order chi connectivity index (χ0) is 25.5. The van der Waals surface area contributed by atoms with Crippen molar-refractivity contribution in [2.24, 2.45) is 0 Å². The standard InChI is InChI=1S/C27H34Cl3N5O/c1-18-17-35(13-12-31-18)26(16-21-4-2-3-10-32-21)34-22-7-8-23(25(30)15-22)27(36)33-11-9-19-5-6-20(28)14-24(19)29/h5-8,14-16,18,21,31-32,34H,2-4,9-13,17H2,1H3,(H,33,36)/b26-16-/t18-,21?/m0/s1. The van der Waals surface area contributed by atoms with E-state index in [0.29, 0.717) is 45.7 Å². The number of nitrogens with one attached hydrogen (secondary N) is 4. The van der Waals surface area contributed by atoms with Gasteiger partial charge in [0.25, 0.3) is 5.91 Å². The molecule has 4 N–H and O–H groups in total. The van der Waals surface area contributed by atoms with Gasteiger partial charge in [-0.3, -0.25) is 4.79 Å². The third-order valence-electron chi connectivity index (χ3n) is 6.60. The Kier molecular flexibility index (Phi) is 9.80. The fraction of sp³-hybridized carbons (Fsp3) is 0.444. The molecule has 0 aromatic heterocycles. The van der Waals surface area contributed by atoms with E-state index < -0.39 is 0 Å². The third-order valence-corrected chi connectivity index (χ3v) is 7.50. The number of halogens is 3. The van der Waals surface area contributed by atoms with E-state index in [-0.39, 0.29) is 5.91 Å². The Labute approximate surface area is 228 Å². The lowest BCUT2D eigenvalue weighted by Crippen LogP contribution is -2.50. The van der Waals surface area contributed by atoms with Gasteiger partial charge in [0.1, 0.15) is 5.82 Å². The summed E-state index contributed by atoms with van der Waals surface area (Å²) in [6.07, 6.45) is 6.50. The van der Waals surface area contributed by atoms with Gasteiger partial charge in [0.05, 0.1) is 10.6 Å². The molecule has 2 fully saturated rings. The number of benzene rings is 2. The van der Waals surface area contributed by atoms with Gasteiger partial charge in [0.2, 0.25) is 0 Å². The Bertz CT molecular complexity index is 1090. The first-order valence-corrected chi connectivity index (χ1v) is 13.7. The number of rotatable bonds is 8. The molecule has 6 nitrogen and oxygen atoms in total. The fourth-order valence-corrected chi connectivity index (χ4v) is 5.41. The molecule has 36 heavy (non-hydrogen) atoms. The van der Waals surface area contributed by atoms with Crippen molar-refractivity contribution >= 4 is 46.4 Å². The van der Waals surface area contributed by atoms with Crippen LogP contribution in [0.5, 0.6) is 0 Å². The maximum atomic E-state index is 12.8. The summed E-state index contributed by atoms with van der Waals surface area (Å²) in [4.78, 5) is 15.2. The quantitative estimate of drug-likeness (QED) is 0.359. The number of nitrogens with zero attached hydrogens (tertiary/aromatic N) is 1. The SMILES string of the molecule is C[C@H]1CN(/C(=C\C2CCCCN2)Nc2ccc(C(=O)NCCc3ccc(Cl)cc3Cl)c(Cl)c2)CCN1. The average Bonchev–Trinajstić information content (AvgIpc) is 2.85. The van der Waals surface area contributed by atoms with Crippen LogP contribution in [0.3, 0.4) is 0 Å². The molecule has 1 amide bonds. The van der Waals surface area contributed by atoms with Crippen LogP contribution in [0.1, 0.15) is 42.1 Å². The van der Waals surface area contributed by atoms with E-state index in [2.05, 4.69) is 39.2 Å². The van der Waals surface area contributed by atoms with Crippen molar-refractivity contribution in [1.82, 2.24) is 20.9 Å². The number of hydrogen-bond acceptors (Lipinski definition) is 5. The van der Waals surface area contributed by atoms with Gasteiger partial charge in [-0.25, -0.2) is 0 Å². The second-order valence-electron chi connectivity index (χ2n) is 9.47. The van der Waals surface area contributed by atoms with Gasteiger partial charge in [-0.15, -0.1) is 0 Å². The van der Waals surface area contributed by atoms with Crippen molar-refractivity contribution in [2.75, 3.05) is 38.0 Å². The molecule has 2 aromatic rings. The summed E-state index contributed by atoms with van der Waals surface area (Å²) in [6.45, 7) is 6.50. The van der Waals surface area contributed by atoms with Gasteiger partial charge < -0.3 is 26.2 Å². The average molecular weight is 551 g/mol. The molecule has 9 heteroatoms. The molecular weight excluding hydrogens is 517 g/mol. The molecule has 0 saturated carbocycles. The molecule has 2 aliphatic rings. The van der Waals surface area contributed by atoms with E-state index in [9.17, 15) is 4.79 Å². The van der Waals surface area contributed by atoms with Gasteiger partial charge in [-0.2, -0.15) is 0 Å². The zero-order valence-electron chi connectivity index (χ0n) is 20.5. The van der Waals surface area contributed by atoms with E-state index in [4.69, 9.17) is 34.8 Å². The van der Waals surface area contributed by atoms with Crippen LogP contribution in [-0.4, -0.2) is 55.6 Å². The molecule has 4 rings (SSSR count). The predicted octanol–water partition coefficient (Wildman–Crippen LogP) is 5.31. The fourth-order valence-electron chi connectivity index (χ4n) is 4.64. The lowest BCUT2D eigenvalue weighted by Gasteiger charge is -2.36. The zero-order valence-corrected chi connectivity index (χ0v) is 22.8. The predicted molar refractivity (Wildman–Crippen MR) is 150 cm³/mol. The maximum Gasteiger partial charge on any atom is 0.252 e. The van der Waals surface area contributed by atoms with Crippen molar-refractivity contribution in [3.8, 4) is 0 Å². The van der Waals surface area contributed by atoms with Gasteiger partial charge >= 0.3 is 0 Å². The lowest BCUT2D eigenvalue weighted by molar-refractivity contribution is 0.0954. The summed E-state index contributed by atoms with van der Waals surface area (Å²) in [5, 5.41) is 15.2. The Morgan fingerprint density at radius 1 is 1.08 bits per heavy atom. The summed E-state index contributed by atoms with van der Waals surface area (Å²) in [5.74, 6) is 0.866. The Morgan fingerprint density at radius 3 is 2.67 bits per heavy atom. The molecule has 2 aliphatic heterocycles. The van der Waals surface area contributed by atoms with Crippen LogP contribution in [-0.2, 0) is 6.42 Å². The highest BCUT2D eigenvalue weighted by atomic mass is 35.5. The van der Waals surface area contributed by atoms with E-state index in [1.165, 1.54) is 12.8 Å². The molecule has 2 atom stereocenters. The van der Waals surface area contributed by atoms with Crippen LogP contribution >= 0.6 is 34.8 Å². The molecule has 2 saturated heterocycles. The normalized spacial score (nSPS) is 20.8. The van der Waals surface area contributed by atoms with Crippen LogP contribution in [0, 0.1) is 0 Å². The molecule has 2 aromatic carbocycles. The highest BCUT2D eigenvalue weighted by Crippen LogP contribution is 2.25. The lowest BCUT2D eigenvalue weighted by atomic mass is 10.0. The second kappa shape index (κ2) is 13.0. The molecule has 0 spiro atoms. The van der Waals surface area contributed by atoms with Crippen molar-refractivity contribution in [3.63, 3.8) is 0 Å². The number of piperazine rings is 1. The Balaban J connectivity index is 1.41. The van der Waals surface area contributed by atoms with Crippen LogP contribution in [0.25, 0.3) is 0 Å². The van der Waals surface area contributed by atoms with Gasteiger partial charge in [-0.05, 0) is 74.7 Å². The van der Waals surface area contributed by atoms with Crippen LogP contribution in [0.2, 0.25) is 15.1 Å². The minimum Gasteiger partial charge on any atom is -0.356 e. The van der Waals surface area contributed by atoms with E-state index >= 15 is 0 Å². The topological polar surface area (TPSA) is 68.4 Å². The maximum absolute atomic E-state index is 12.8. The van der Waals surface area contributed by atoms with Crippen molar-refractivity contribution in [3.05, 3.63) is 74.5 Å². The number of anilines is 1. The largest absolute Gasteiger partial charge is 0.356 e. The van der Waals surface area contributed by atoms with Crippen molar-refractivity contribution in [1.29, 1.82) is 0 Å². The molecular formula is C27H34Cl3N5O. The minimum absolute atomic E-state index is 0.213. The highest BCUT2D eigenvalue weighted by Gasteiger charge is 2.21. The summed E-state index contributed by atoms with van der Waals surface area (Å²) in [5.41, 5.74) is 2.23. The molecule has 0 radical (unpaired) electrons. The number of carbonyl (C=O) groups excluding carboxylic acids is 1. The second-order valence-corrected chi connectivity index (χ2v) is 10.7. The van der Waals surface area contributed by atoms with Crippen molar-refractivity contribution < 1.29 is 4.79 Å². The van der Waals surface area contributed by atoms with Gasteiger partial charge in [0, 0.05) is 54.0 Å². The van der Waals surface area contributed by atoms with E-state index in [0.717, 1.165) is 49.7 Å². The van der Waals surface area contributed by atoms with Crippen LogP contribution in [0.15, 0.2) is 48.3 Å². The molecule has 0 aliphatic carbocycles. The summed E-state index contributed by atoms with van der Waals surface area (Å²) in [6, 6.07) is 11.6. The molecule has 1 unspecified atom stereocenters. The minimum atomic E-state index is -0.213. The van der Waals surface area contributed by atoms with Gasteiger partial charge in [-0.1, -0.05) is 47.3 Å². The summed E-state index contributed by atoms with van der Waals surface area (Å²) < 4.78 is 0. The summed E-state index contributed by atoms with van der Waals surface area (Å²) >= 11 is 18.7. The smallest absolute Gasteiger partial charge is 0.252 e. The summed E-state index contributed by atoms with van der Waals surface area (Å²) in [7, 11) is 0. The Hall–Kier alpha value is -1.96. The van der Waals surface area contributed by atoms with E-state index in [1.807, 2.05) is 18.2 Å². The van der Waals surface area contributed by atoms with Crippen LogP contribution < -0.4 is 21.3 Å². The first-order valence-electron chi connectivity index (χ1n) is 12.6. The number of amides is 1. The monoisotopic (exact) mass is 549 g/mol. The number of hydrogen-bond donors (Lipinski definition) is 4. The van der Waals surface area contributed by atoms with Crippen LogP contribution in [0.4, 0.5) is 5.69 Å². The highest BCUT2D eigenvalue weighted by molar-refractivity contribution is 6.35. The first-order chi connectivity index (χ1) is 17.4. The number of carbonyl (C=O) groups is 1. The number of piperidine rings is 1. The molecule has 194 valence electrons.